The molecule has 3 fully saturated rings. The normalized spacial score (nSPS) is 29.9. The second kappa shape index (κ2) is 8.19. The van der Waals surface area contributed by atoms with Gasteiger partial charge < -0.3 is 4.74 Å². The lowest BCUT2D eigenvalue weighted by Crippen LogP contribution is -2.47. The van der Waals surface area contributed by atoms with E-state index in [1.165, 1.54) is 0 Å². The number of fused-ring (bicyclic) bond motifs is 2. The summed E-state index contributed by atoms with van der Waals surface area (Å²) in [5.41, 5.74) is 0.740. The Morgan fingerprint density at radius 2 is 2.03 bits per heavy atom. The highest BCUT2D eigenvalue weighted by Crippen LogP contribution is 2.61. The Kier molecular flexibility index (Phi) is 5.84. The number of nitrogens with zero attached hydrogens (tertiary/aromatic N) is 2. The number of imide groups is 1. The molecule has 0 saturated carbocycles. The summed E-state index contributed by atoms with van der Waals surface area (Å²) in [7, 11) is 0. The van der Waals surface area contributed by atoms with Crippen molar-refractivity contribution in [3.05, 3.63) is 41.3 Å². The van der Waals surface area contributed by atoms with Crippen LogP contribution in [0.25, 0.3) is 10.9 Å². The summed E-state index contributed by atoms with van der Waals surface area (Å²) in [5, 5.41) is 2.76. The second-order valence-electron chi connectivity index (χ2n) is 9.24. The molecule has 2 amide bonds. The monoisotopic (exact) mass is 441 g/mol. The van der Waals surface area contributed by atoms with E-state index in [0.29, 0.717) is 34.5 Å². The fraction of sp³-hybridized carbons (Fsp3) is 0.560. The fourth-order valence-electron chi connectivity index (χ4n) is 5.21. The van der Waals surface area contributed by atoms with Crippen LogP contribution in [0, 0.1) is 5.82 Å². The molecule has 3 atom stereocenters. The first-order valence-electron chi connectivity index (χ1n) is 11.6. The number of carbonyl (C=O) groups excluding carboxylic acids is 2. The number of hydrogen-bond acceptors (Lipinski definition) is 5. The van der Waals surface area contributed by atoms with Crippen molar-refractivity contribution in [1.29, 1.82) is 0 Å². The highest BCUT2D eigenvalue weighted by molar-refractivity contribution is 6.01. The van der Waals surface area contributed by atoms with Crippen LogP contribution in [0.2, 0.25) is 0 Å². The minimum Gasteiger partial charge on any atom is -0.356 e. The van der Waals surface area contributed by atoms with Crippen LogP contribution in [-0.2, 0) is 19.9 Å². The molecular formula is C25H32FN3O3. The lowest BCUT2D eigenvalue weighted by Gasteiger charge is -2.35. The molecule has 2 aromatic rings. The van der Waals surface area contributed by atoms with E-state index in [9.17, 15) is 9.59 Å². The number of pyridine rings is 1. The maximum Gasteiger partial charge on any atom is 0.234 e. The van der Waals surface area contributed by atoms with Crippen molar-refractivity contribution in [3.63, 3.8) is 0 Å². The molecular weight excluding hydrogens is 409 g/mol. The molecule has 0 radical (unpaired) electrons. The van der Waals surface area contributed by atoms with Gasteiger partial charge in [-0.05, 0) is 51.3 Å². The molecule has 7 heteroatoms. The van der Waals surface area contributed by atoms with Gasteiger partial charge in [-0.1, -0.05) is 19.9 Å². The van der Waals surface area contributed by atoms with Gasteiger partial charge in [0, 0.05) is 42.7 Å². The molecule has 32 heavy (non-hydrogen) atoms. The first-order valence-corrected chi connectivity index (χ1v) is 11.6. The van der Waals surface area contributed by atoms with Gasteiger partial charge in [0.05, 0.1) is 11.4 Å². The van der Waals surface area contributed by atoms with Gasteiger partial charge >= 0.3 is 0 Å². The van der Waals surface area contributed by atoms with E-state index in [1.807, 2.05) is 19.9 Å². The molecule has 3 unspecified atom stereocenters. The van der Waals surface area contributed by atoms with Crippen LogP contribution in [0.3, 0.4) is 0 Å². The predicted molar refractivity (Wildman–Crippen MR) is 121 cm³/mol. The van der Waals surface area contributed by atoms with Crippen molar-refractivity contribution < 1.29 is 18.7 Å². The van der Waals surface area contributed by atoms with E-state index in [4.69, 9.17) is 4.74 Å². The fourth-order valence-corrected chi connectivity index (χ4v) is 5.21. The van der Waals surface area contributed by atoms with E-state index in [1.54, 1.807) is 18.3 Å². The quantitative estimate of drug-likeness (QED) is 0.575. The molecule has 1 aromatic heterocycles. The standard InChI is InChI=1S/C23H26FN3O3.C2H6/c1-13(2)27-9-8-23(22(3,12-27)30-23)17-5-6-18-16(20(17)24)10-14(11-25-18)15-4-7-19(28)26-21(15)29;1-2/h5-6,10-11,13,15H,4,7-9,12H2,1-3H3,(H,26,28,29);1-2H3. The summed E-state index contributed by atoms with van der Waals surface area (Å²) in [4.78, 5) is 30.5. The third-order valence-electron chi connectivity index (χ3n) is 7.10. The van der Waals surface area contributed by atoms with Crippen LogP contribution in [0.5, 0.6) is 0 Å². The number of amides is 2. The molecule has 1 aromatic carbocycles. The molecule has 6 nitrogen and oxygen atoms in total. The summed E-state index contributed by atoms with van der Waals surface area (Å²) < 4.78 is 22.0. The van der Waals surface area contributed by atoms with Crippen molar-refractivity contribution in [1.82, 2.24) is 15.2 Å². The van der Waals surface area contributed by atoms with Crippen LogP contribution in [0.15, 0.2) is 24.4 Å². The van der Waals surface area contributed by atoms with Crippen molar-refractivity contribution in [2.75, 3.05) is 13.1 Å². The van der Waals surface area contributed by atoms with Gasteiger partial charge in [-0.15, -0.1) is 0 Å². The first kappa shape index (κ1) is 22.8. The Balaban J connectivity index is 0.00000119. The molecule has 4 heterocycles. The number of carbonyl (C=O) groups is 2. The Hall–Kier alpha value is -2.38. The summed E-state index contributed by atoms with van der Waals surface area (Å²) >= 11 is 0. The Morgan fingerprint density at radius 1 is 1.28 bits per heavy atom. The van der Waals surface area contributed by atoms with Crippen molar-refractivity contribution in [3.8, 4) is 0 Å². The van der Waals surface area contributed by atoms with E-state index < -0.39 is 17.1 Å². The smallest absolute Gasteiger partial charge is 0.234 e. The molecule has 3 aliphatic rings. The van der Waals surface area contributed by atoms with Crippen molar-refractivity contribution in [2.45, 2.75) is 77.0 Å². The number of aromatic nitrogens is 1. The van der Waals surface area contributed by atoms with E-state index in [2.05, 4.69) is 36.0 Å². The lowest BCUT2D eigenvalue weighted by molar-refractivity contribution is -0.134. The van der Waals surface area contributed by atoms with Crippen molar-refractivity contribution in [2.24, 2.45) is 0 Å². The number of ether oxygens (including phenoxy) is 1. The van der Waals surface area contributed by atoms with Gasteiger partial charge in [0.2, 0.25) is 11.8 Å². The summed E-state index contributed by atoms with van der Waals surface area (Å²) in [6, 6.07) is 5.76. The third kappa shape index (κ3) is 3.52. The minimum absolute atomic E-state index is 0.268. The van der Waals surface area contributed by atoms with E-state index in [0.717, 1.165) is 19.5 Å². The van der Waals surface area contributed by atoms with Gasteiger partial charge in [0.25, 0.3) is 0 Å². The Morgan fingerprint density at radius 3 is 2.69 bits per heavy atom. The topological polar surface area (TPSA) is 74.8 Å². The predicted octanol–water partition coefficient (Wildman–Crippen LogP) is 4.02. The zero-order valence-corrected chi connectivity index (χ0v) is 19.5. The number of piperidine rings is 2. The van der Waals surface area contributed by atoms with Gasteiger partial charge in [-0.25, -0.2) is 4.39 Å². The maximum atomic E-state index is 15.8. The van der Waals surface area contributed by atoms with E-state index >= 15 is 4.39 Å². The Bertz CT molecular complexity index is 1070. The molecule has 0 aliphatic carbocycles. The lowest BCUT2D eigenvalue weighted by atomic mass is 9.80. The molecule has 1 N–H and O–H groups in total. The number of hydrogen-bond donors (Lipinski definition) is 1. The highest BCUT2D eigenvalue weighted by atomic mass is 19.1. The summed E-state index contributed by atoms with van der Waals surface area (Å²) in [5.74, 6) is -1.43. The zero-order valence-electron chi connectivity index (χ0n) is 19.5. The molecule has 3 aliphatic heterocycles. The minimum atomic E-state index is -0.610. The number of benzene rings is 1. The highest BCUT2D eigenvalue weighted by Gasteiger charge is 2.70. The molecule has 0 bridgehead atoms. The van der Waals surface area contributed by atoms with Crippen LogP contribution in [-0.4, -0.2) is 46.4 Å². The van der Waals surface area contributed by atoms with Gasteiger partial charge in [-0.2, -0.15) is 0 Å². The van der Waals surface area contributed by atoms with Gasteiger partial charge in [-0.3, -0.25) is 24.8 Å². The molecule has 172 valence electrons. The number of rotatable bonds is 3. The van der Waals surface area contributed by atoms with Crippen molar-refractivity contribution >= 4 is 22.7 Å². The third-order valence-corrected chi connectivity index (χ3v) is 7.10. The van der Waals surface area contributed by atoms with Crippen LogP contribution >= 0.6 is 0 Å². The number of halogens is 1. The summed E-state index contributed by atoms with van der Waals surface area (Å²) in [6.45, 7) is 12.0. The number of nitrogens with one attached hydrogen (secondary N) is 1. The molecule has 5 rings (SSSR count). The van der Waals surface area contributed by atoms with Crippen LogP contribution < -0.4 is 5.32 Å². The average Bonchev–Trinajstić information content (AvgIpc) is 3.41. The first-order chi connectivity index (χ1) is 15.2. The average molecular weight is 442 g/mol. The summed E-state index contributed by atoms with van der Waals surface area (Å²) in [6.07, 6.45) is 3.04. The SMILES string of the molecule is CC.CC(C)N1CCC2(c3ccc4ncc(C5CCC(=O)NC5=O)cc4c3F)OC2(C)C1. The molecule has 0 spiro atoms. The van der Waals surface area contributed by atoms with Crippen LogP contribution in [0.4, 0.5) is 4.39 Å². The zero-order chi connectivity index (χ0) is 23.3. The van der Waals surface area contributed by atoms with Gasteiger partial charge in [0.15, 0.2) is 0 Å². The largest absolute Gasteiger partial charge is 0.356 e. The number of likely N-dealkylation sites (tertiary alicyclic amines) is 1. The number of epoxide rings is 1. The van der Waals surface area contributed by atoms with Gasteiger partial charge in [0.1, 0.15) is 17.0 Å². The van der Waals surface area contributed by atoms with Crippen LogP contribution in [0.1, 0.15) is 70.9 Å². The molecule has 3 saturated heterocycles. The maximum absolute atomic E-state index is 15.8. The Labute approximate surface area is 188 Å². The second-order valence-corrected chi connectivity index (χ2v) is 9.24. The van der Waals surface area contributed by atoms with E-state index in [-0.39, 0.29) is 24.1 Å².